The van der Waals surface area contributed by atoms with Crippen LogP contribution in [0.5, 0.6) is 0 Å². The molecule has 0 saturated carbocycles. The van der Waals surface area contributed by atoms with E-state index in [2.05, 4.69) is 5.32 Å². The summed E-state index contributed by atoms with van der Waals surface area (Å²) in [5, 5.41) is 38.2. The predicted octanol–water partition coefficient (Wildman–Crippen LogP) is -1.93. The first-order valence-corrected chi connectivity index (χ1v) is 3.29. The number of hydrogen-bond donors (Lipinski definition) is 5. The highest BCUT2D eigenvalue weighted by Crippen LogP contribution is 2.11. The van der Waals surface area contributed by atoms with E-state index in [1.165, 1.54) is 0 Å². The van der Waals surface area contributed by atoms with Gasteiger partial charge in [0.05, 0.1) is 12.6 Å². The van der Waals surface area contributed by atoms with Crippen molar-refractivity contribution in [2.24, 2.45) is 0 Å². The SMILES string of the molecule is OCC1NC=C(O)C(O)C1O. The standard InChI is InChI=1S/C6H11NO4/c8-2-3-5(10)6(11)4(9)1-7-3/h1,3,5-11H,2H2. The van der Waals surface area contributed by atoms with Crippen LogP contribution in [0, 0.1) is 0 Å². The van der Waals surface area contributed by atoms with Crippen LogP contribution in [0.4, 0.5) is 0 Å². The Bertz CT molecular complexity index is 170. The molecule has 11 heavy (non-hydrogen) atoms. The molecule has 5 nitrogen and oxygen atoms in total. The third-order valence-corrected chi connectivity index (χ3v) is 1.68. The van der Waals surface area contributed by atoms with Gasteiger partial charge in [0.1, 0.15) is 18.0 Å². The van der Waals surface area contributed by atoms with Crippen molar-refractivity contribution in [2.45, 2.75) is 18.2 Å². The van der Waals surface area contributed by atoms with Crippen LogP contribution < -0.4 is 5.32 Å². The number of aliphatic hydroxyl groups is 4. The molecular formula is C6H11NO4. The zero-order chi connectivity index (χ0) is 8.43. The molecule has 0 aliphatic carbocycles. The molecule has 0 aromatic rings. The van der Waals surface area contributed by atoms with Crippen LogP contribution in [0.3, 0.4) is 0 Å². The molecular weight excluding hydrogens is 150 g/mol. The Labute approximate surface area is 63.6 Å². The van der Waals surface area contributed by atoms with Crippen LogP contribution in [0.1, 0.15) is 0 Å². The van der Waals surface area contributed by atoms with Gasteiger partial charge in [-0.25, -0.2) is 0 Å². The smallest absolute Gasteiger partial charge is 0.140 e. The van der Waals surface area contributed by atoms with Gasteiger partial charge in [-0.2, -0.15) is 0 Å². The third kappa shape index (κ3) is 1.45. The summed E-state index contributed by atoms with van der Waals surface area (Å²) in [5.74, 6) is -0.317. The molecule has 0 aromatic heterocycles. The summed E-state index contributed by atoms with van der Waals surface area (Å²) in [6.07, 6.45) is -1.29. The minimum absolute atomic E-state index is 0.290. The molecule has 1 heterocycles. The van der Waals surface area contributed by atoms with Crippen molar-refractivity contribution < 1.29 is 20.4 Å². The fourth-order valence-electron chi connectivity index (χ4n) is 0.932. The highest BCUT2D eigenvalue weighted by Gasteiger charge is 2.31. The number of hydrogen-bond acceptors (Lipinski definition) is 5. The average Bonchev–Trinajstić information content (AvgIpc) is 2.01. The minimum atomic E-state index is -1.30. The zero-order valence-corrected chi connectivity index (χ0v) is 5.81. The zero-order valence-electron chi connectivity index (χ0n) is 5.81. The van der Waals surface area contributed by atoms with Gasteiger partial charge in [-0.1, -0.05) is 0 Å². The van der Waals surface area contributed by atoms with Gasteiger partial charge >= 0.3 is 0 Å². The molecule has 64 valence electrons. The summed E-state index contributed by atoms with van der Waals surface area (Å²) in [6, 6.07) is -0.610. The highest BCUT2D eigenvalue weighted by molar-refractivity contribution is 5.08. The van der Waals surface area contributed by atoms with E-state index in [9.17, 15) is 0 Å². The lowest BCUT2D eigenvalue weighted by molar-refractivity contribution is -0.0226. The Morgan fingerprint density at radius 2 is 2.09 bits per heavy atom. The molecule has 0 aromatic carbocycles. The van der Waals surface area contributed by atoms with Crippen LogP contribution in [0.2, 0.25) is 0 Å². The second-order valence-electron chi connectivity index (χ2n) is 2.46. The lowest BCUT2D eigenvalue weighted by Crippen LogP contribution is -2.51. The molecule has 0 amide bonds. The molecule has 1 aliphatic heterocycles. The fourth-order valence-corrected chi connectivity index (χ4v) is 0.932. The summed E-state index contributed by atoms with van der Waals surface area (Å²) >= 11 is 0. The van der Waals surface area contributed by atoms with E-state index in [-0.39, 0.29) is 12.4 Å². The predicted molar refractivity (Wildman–Crippen MR) is 36.7 cm³/mol. The maximum Gasteiger partial charge on any atom is 0.140 e. The second-order valence-corrected chi connectivity index (χ2v) is 2.46. The van der Waals surface area contributed by atoms with Gasteiger partial charge in [0, 0.05) is 6.20 Å². The quantitative estimate of drug-likeness (QED) is 0.309. The normalized spacial score (nSPS) is 37.7. The van der Waals surface area contributed by atoms with Crippen LogP contribution in [0.15, 0.2) is 12.0 Å². The molecule has 5 N–H and O–H groups in total. The molecule has 1 aliphatic rings. The van der Waals surface area contributed by atoms with E-state index >= 15 is 0 Å². The molecule has 1 rings (SSSR count). The largest absolute Gasteiger partial charge is 0.508 e. The average molecular weight is 161 g/mol. The van der Waals surface area contributed by atoms with Gasteiger partial charge in [-0.3, -0.25) is 0 Å². The number of aliphatic hydroxyl groups excluding tert-OH is 4. The van der Waals surface area contributed by atoms with Crippen molar-refractivity contribution in [3.63, 3.8) is 0 Å². The van der Waals surface area contributed by atoms with Gasteiger partial charge in [0.2, 0.25) is 0 Å². The number of rotatable bonds is 1. The fraction of sp³-hybridized carbons (Fsp3) is 0.667. The molecule has 5 heteroatoms. The highest BCUT2D eigenvalue weighted by atomic mass is 16.4. The van der Waals surface area contributed by atoms with Crippen molar-refractivity contribution in [2.75, 3.05) is 6.61 Å². The van der Waals surface area contributed by atoms with Gasteiger partial charge < -0.3 is 25.7 Å². The van der Waals surface area contributed by atoms with Crippen molar-refractivity contribution in [1.29, 1.82) is 0 Å². The maximum absolute atomic E-state index is 9.13. The van der Waals surface area contributed by atoms with Crippen molar-refractivity contribution in [1.82, 2.24) is 5.32 Å². The number of nitrogens with one attached hydrogen (secondary N) is 1. The Morgan fingerprint density at radius 1 is 1.45 bits per heavy atom. The Hall–Kier alpha value is -0.780. The van der Waals surface area contributed by atoms with Crippen molar-refractivity contribution in [3.8, 4) is 0 Å². The van der Waals surface area contributed by atoms with Gasteiger partial charge in [0.25, 0.3) is 0 Å². The van der Waals surface area contributed by atoms with Crippen LogP contribution in [0.25, 0.3) is 0 Å². The van der Waals surface area contributed by atoms with Crippen LogP contribution in [-0.4, -0.2) is 45.3 Å². The molecule has 0 radical (unpaired) electrons. The Kier molecular flexibility index (Phi) is 2.33. The summed E-state index contributed by atoms with van der Waals surface area (Å²) < 4.78 is 0. The van der Waals surface area contributed by atoms with E-state index in [1.54, 1.807) is 0 Å². The summed E-state index contributed by atoms with van der Waals surface area (Å²) in [5.41, 5.74) is 0. The molecule has 3 atom stereocenters. The lowest BCUT2D eigenvalue weighted by Gasteiger charge is -2.29. The van der Waals surface area contributed by atoms with E-state index in [4.69, 9.17) is 20.4 Å². The van der Waals surface area contributed by atoms with Crippen LogP contribution >= 0.6 is 0 Å². The first-order chi connectivity index (χ1) is 5.16. The molecule has 0 bridgehead atoms. The van der Waals surface area contributed by atoms with E-state index in [1.807, 2.05) is 0 Å². The van der Waals surface area contributed by atoms with E-state index < -0.39 is 18.2 Å². The summed E-state index contributed by atoms with van der Waals surface area (Å²) in [6.45, 7) is -0.290. The first-order valence-electron chi connectivity index (χ1n) is 3.29. The summed E-state index contributed by atoms with van der Waals surface area (Å²) in [4.78, 5) is 0. The van der Waals surface area contributed by atoms with Crippen molar-refractivity contribution in [3.05, 3.63) is 12.0 Å². The Balaban J connectivity index is 2.68. The minimum Gasteiger partial charge on any atom is -0.508 e. The van der Waals surface area contributed by atoms with Gasteiger partial charge in [-0.15, -0.1) is 0 Å². The Morgan fingerprint density at radius 3 is 2.64 bits per heavy atom. The van der Waals surface area contributed by atoms with Crippen LogP contribution in [-0.2, 0) is 0 Å². The molecule has 0 saturated heterocycles. The third-order valence-electron chi connectivity index (χ3n) is 1.68. The summed E-state index contributed by atoms with van der Waals surface area (Å²) in [7, 11) is 0. The van der Waals surface area contributed by atoms with Gasteiger partial charge in [-0.05, 0) is 0 Å². The van der Waals surface area contributed by atoms with E-state index in [0.717, 1.165) is 6.20 Å². The monoisotopic (exact) mass is 161 g/mol. The van der Waals surface area contributed by atoms with Gasteiger partial charge in [0.15, 0.2) is 0 Å². The molecule has 0 spiro atoms. The molecule has 0 fully saturated rings. The topological polar surface area (TPSA) is 93.0 Å². The lowest BCUT2D eigenvalue weighted by atomic mass is 10.0. The molecule has 3 unspecified atom stereocenters. The first kappa shape index (κ1) is 8.32. The maximum atomic E-state index is 9.13. The van der Waals surface area contributed by atoms with Crippen molar-refractivity contribution >= 4 is 0 Å². The van der Waals surface area contributed by atoms with E-state index in [0.29, 0.717) is 0 Å². The second kappa shape index (κ2) is 3.08.